The summed E-state index contributed by atoms with van der Waals surface area (Å²) in [6.07, 6.45) is 0.0896. The van der Waals surface area contributed by atoms with Gasteiger partial charge < -0.3 is 9.47 Å². The summed E-state index contributed by atoms with van der Waals surface area (Å²) in [5.74, 6) is -0.840. The molecule has 51 heavy (non-hydrogen) atoms. The third kappa shape index (κ3) is 6.50. The average molecular weight is 671 g/mol. The topological polar surface area (TPSA) is 52.6 Å². The fraction of sp³-hybridized carbons (Fsp3) is 0.191. The standard InChI is InChI=1S/C47H42O4/c1-29(2)45(48)50-31(5)27-47(28-32(6)51-46(49)30(3)4)43-21-19-39(37-17-15-33-11-7-9-13-35(33)23-37)25-41(43)42-26-40(20-22-44(42)47)38-18-16-34-12-8-10-14-36(34)24-38/h7-26,31-32H,1,3,27-28H2,2,4-6H3. The zero-order valence-corrected chi connectivity index (χ0v) is 29.7. The van der Waals surface area contributed by atoms with Crippen LogP contribution in [0.4, 0.5) is 0 Å². The van der Waals surface area contributed by atoms with Crippen LogP contribution in [0.3, 0.4) is 0 Å². The van der Waals surface area contributed by atoms with Gasteiger partial charge in [-0.25, -0.2) is 9.59 Å². The van der Waals surface area contributed by atoms with Gasteiger partial charge in [-0.15, -0.1) is 0 Å². The first-order chi connectivity index (χ1) is 24.5. The maximum Gasteiger partial charge on any atom is 0.333 e. The molecule has 0 amide bonds. The van der Waals surface area contributed by atoms with Crippen molar-refractivity contribution in [3.63, 3.8) is 0 Å². The van der Waals surface area contributed by atoms with E-state index in [9.17, 15) is 9.59 Å². The smallest absolute Gasteiger partial charge is 0.333 e. The van der Waals surface area contributed by atoms with E-state index in [1.54, 1.807) is 13.8 Å². The molecular weight excluding hydrogens is 629 g/mol. The van der Waals surface area contributed by atoms with Crippen LogP contribution in [0, 0.1) is 0 Å². The predicted molar refractivity (Wildman–Crippen MR) is 209 cm³/mol. The van der Waals surface area contributed by atoms with Gasteiger partial charge in [0, 0.05) is 16.6 Å². The van der Waals surface area contributed by atoms with Crippen molar-refractivity contribution in [2.24, 2.45) is 0 Å². The number of fused-ring (bicyclic) bond motifs is 5. The third-order valence-corrected chi connectivity index (χ3v) is 10.1. The summed E-state index contributed by atoms with van der Waals surface area (Å²) in [4.78, 5) is 25.5. The van der Waals surface area contributed by atoms with Crippen molar-refractivity contribution in [1.82, 2.24) is 0 Å². The maximum atomic E-state index is 12.8. The Hall–Kier alpha value is -5.74. The number of hydrogen-bond acceptors (Lipinski definition) is 4. The van der Waals surface area contributed by atoms with Gasteiger partial charge in [-0.2, -0.15) is 0 Å². The molecule has 6 aromatic rings. The molecule has 2 atom stereocenters. The van der Waals surface area contributed by atoms with E-state index in [4.69, 9.17) is 9.47 Å². The first kappa shape index (κ1) is 33.7. The molecule has 0 fully saturated rings. The first-order valence-corrected chi connectivity index (χ1v) is 17.5. The summed E-state index contributed by atoms with van der Waals surface area (Å²) in [7, 11) is 0. The van der Waals surface area contributed by atoms with Crippen LogP contribution in [-0.2, 0) is 24.5 Å². The highest BCUT2D eigenvalue weighted by molar-refractivity contribution is 5.93. The van der Waals surface area contributed by atoms with E-state index in [1.807, 2.05) is 13.8 Å². The highest BCUT2D eigenvalue weighted by atomic mass is 16.5. The Balaban J connectivity index is 1.41. The third-order valence-electron chi connectivity index (χ3n) is 10.1. The van der Waals surface area contributed by atoms with Crippen molar-refractivity contribution in [1.29, 1.82) is 0 Å². The summed E-state index contributed by atoms with van der Waals surface area (Å²) >= 11 is 0. The monoisotopic (exact) mass is 670 g/mol. The van der Waals surface area contributed by atoms with Crippen LogP contribution in [0.25, 0.3) is 54.9 Å². The highest BCUT2D eigenvalue weighted by Crippen LogP contribution is 2.56. The molecule has 2 unspecified atom stereocenters. The first-order valence-electron chi connectivity index (χ1n) is 17.5. The second-order valence-corrected chi connectivity index (χ2v) is 14.1. The molecule has 0 saturated carbocycles. The van der Waals surface area contributed by atoms with Crippen molar-refractivity contribution in [3.8, 4) is 33.4 Å². The molecule has 0 saturated heterocycles. The molecule has 0 bridgehead atoms. The molecule has 254 valence electrons. The van der Waals surface area contributed by atoms with Crippen molar-refractivity contribution < 1.29 is 19.1 Å². The minimum absolute atomic E-state index is 0.354. The van der Waals surface area contributed by atoms with Crippen molar-refractivity contribution in [2.75, 3.05) is 0 Å². The normalized spacial score (nSPS) is 14.0. The van der Waals surface area contributed by atoms with Gasteiger partial charge in [0.2, 0.25) is 0 Å². The molecule has 7 rings (SSSR count). The van der Waals surface area contributed by atoms with Crippen LogP contribution in [0.15, 0.2) is 146 Å². The van der Waals surface area contributed by atoms with Gasteiger partial charge in [0.1, 0.15) is 12.2 Å². The fourth-order valence-corrected chi connectivity index (χ4v) is 7.77. The molecule has 4 nitrogen and oxygen atoms in total. The van der Waals surface area contributed by atoms with Crippen molar-refractivity contribution in [2.45, 2.75) is 58.2 Å². The predicted octanol–water partition coefficient (Wildman–Crippen LogP) is 11.4. The molecule has 0 aromatic heterocycles. The minimum atomic E-state index is -0.627. The molecule has 0 radical (unpaired) electrons. The van der Waals surface area contributed by atoms with Crippen molar-refractivity contribution in [3.05, 3.63) is 157 Å². The van der Waals surface area contributed by atoms with Crippen LogP contribution in [0.1, 0.15) is 51.7 Å². The molecular formula is C47H42O4. The SMILES string of the molecule is C=C(C)C(=O)OC(C)CC1(CC(C)OC(=O)C(=C)C)c2ccc(-c3ccc4ccccc4c3)cc2-c2cc(-c3ccc4ccccc4c3)ccc21. The van der Waals surface area contributed by atoms with Crippen molar-refractivity contribution >= 4 is 33.5 Å². The lowest BCUT2D eigenvalue weighted by Gasteiger charge is -2.36. The van der Waals surface area contributed by atoms with Crippen LogP contribution in [-0.4, -0.2) is 24.1 Å². The quantitative estimate of drug-likeness (QED) is 0.108. The zero-order chi connectivity index (χ0) is 35.9. The Bertz CT molecular complexity index is 2200. The van der Waals surface area contributed by atoms with Crippen LogP contribution < -0.4 is 0 Å². The van der Waals surface area contributed by atoms with E-state index in [0.717, 1.165) is 44.5 Å². The van der Waals surface area contributed by atoms with E-state index in [-0.39, 0.29) is 0 Å². The zero-order valence-electron chi connectivity index (χ0n) is 29.7. The van der Waals surface area contributed by atoms with Gasteiger partial charge in [0.15, 0.2) is 0 Å². The number of carbonyl (C=O) groups excluding carboxylic acids is 2. The van der Waals surface area contributed by atoms with Gasteiger partial charge in [-0.05, 0) is 131 Å². The lowest BCUT2D eigenvalue weighted by atomic mass is 9.70. The summed E-state index contributed by atoms with van der Waals surface area (Å²) in [6, 6.07) is 43.4. The van der Waals surface area contributed by atoms with Gasteiger partial charge in [-0.1, -0.05) is 110 Å². The molecule has 6 aromatic carbocycles. The molecule has 1 aliphatic carbocycles. The van der Waals surface area contributed by atoms with Crippen LogP contribution in [0.2, 0.25) is 0 Å². The second kappa shape index (κ2) is 13.5. The Morgan fingerprint density at radius 2 is 0.882 bits per heavy atom. The fourth-order valence-electron chi connectivity index (χ4n) is 7.77. The number of rotatable bonds is 10. The van der Waals surface area contributed by atoms with E-state index in [0.29, 0.717) is 24.0 Å². The van der Waals surface area contributed by atoms with Gasteiger partial charge >= 0.3 is 11.9 Å². The summed E-state index contributed by atoms with van der Waals surface area (Å²) in [6.45, 7) is 14.8. The minimum Gasteiger partial charge on any atom is -0.459 e. The Labute approximate surface area is 300 Å². The second-order valence-electron chi connectivity index (χ2n) is 14.1. The molecule has 0 N–H and O–H groups in total. The van der Waals surface area contributed by atoms with E-state index in [2.05, 4.69) is 134 Å². The Morgan fingerprint density at radius 3 is 1.27 bits per heavy atom. The number of esters is 2. The molecule has 0 spiro atoms. The van der Waals surface area contributed by atoms with E-state index in [1.165, 1.54) is 21.5 Å². The molecule has 0 heterocycles. The molecule has 4 heteroatoms. The average Bonchev–Trinajstić information content (AvgIpc) is 3.38. The number of benzene rings is 6. The Kier molecular flexibility index (Phi) is 8.95. The van der Waals surface area contributed by atoms with Gasteiger partial charge in [0.05, 0.1) is 0 Å². The maximum absolute atomic E-state index is 12.8. The summed E-state index contributed by atoms with van der Waals surface area (Å²) in [5.41, 5.74) is 9.05. The Morgan fingerprint density at radius 1 is 0.529 bits per heavy atom. The summed E-state index contributed by atoms with van der Waals surface area (Å²) in [5, 5.41) is 4.77. The van der Waals surface area contributed by atoms with Gasteiger partial charge in [-0.3, -0.25) is 0 Å². The van der Waals surface area contributed by atoms with Gasteiger partial charge in [0.25, 0.3) is 0 Å². The van der Waals surface area contributed by atoms with E-state index >= 15 is 0 Å². The highest BCUT2D eigenvalue weighted by Gasteiger charge is 2.46. The number of ether oxygens (including phenoxy) is 2. The molecule has 1 aliphatic rings. The lowest BCUT2D eigenvalue weighted by Crippen LogP contribution is -2.36. The largest absolute Gasteiger partial charge is 0.459 e. The number of carbonyl (C=O) groups is 2. The summed E-state index contributed by atoms with van der Waals surface area (Å²) < 4.78 is 11.9. The number of hydrogen-bond donors (Lipinski definition) is 0. The lowest BCUT2D eigenvalue weighted by molar-refractivity contribution is -0.144. The van der Waals surface area contributed by atoms with E-state index < -0.39 is 29.6 Å². The van der Waals surface area contributed by atoms with Crippen LogP contribution >= 0.6 is 0 Å². The molecule has 0 aliphatic heterocycles. The van der Waals surface area contributed by atoms with Crippen LogP contribution in [0.5, 0.6) is 0 Å².